The summed E-state index contributed by atoms with van der Waals surface area (Å²) in [6, 6.07) is 3.40. The molecule has 0 unspecified atom stereocenters. The van der Waals surface area contributed by atoms with Crippen LogP contribution < -0.4 is 10.6 Å². The summed E-state index contributed by atoms with van der Waals surface area (Å²) in [4.78, 5) is 27.2. The van der Waals surface area contributed by atoms with Crippen molar-refractivity contribution >= 4 is 22.8 Å². The number of alkyl halides is 3. The third-order valence-electron chi connectivity index (χ3n) is 3.89. The number of halogens is 4. The fourth-order valence-electron chi connectivity index (χ4n) is 2.49. The summed E-state index contributed by atoms with van der Waals surface area (Å²) in [7, 11) is 0. The number of aromatic nitrogens is 4. The largest absolute Gasteiger partial charge is 0.405 e. The van der Waals surface area contributed by atoms with Crippen LogP contribution in [0.5, 0.6) is 0 Å². The average Bonchev–Trinajstić information content (AvgIpc) is 3.09. The van der Waals surface area contributed by atoms with Gasteiger partial charge in [0, 0.05) is 23.3 Å². The zero-order chi connectivity index (χ0) is 20.5. The van der Waals surface area contributed by atoms with Crippen LogP contribution in [-0.2, 0) is 4.79 Å². The van der Waals surface area contributed by atoms with Crippen LogP contribution in [0.1, 0.15) is 13.8 Å². The molecule has 3 rings (SSSR count). The Kier molecular flexibility index (Phi) is 4.92. The summed E-state index contributed by atoms with van der Waals surface area (Å²) in [6.45, 7) is 1.14. The molecule has 0 radical (unpaired) electrons. The van der Waals surface area contributed by atoms with Crippen molar-refractivity contribution in [2.24, 2.45) is 0 Å². The van der Waals surface area contributed by atoms with Crippen molar-refractivity contribution in [3.63, 3.8) is 0 Å². The van der Waals surface area contributed by atoms with Gasteiger partial charge in [-0.3, -0.25) is 4.79 Å². The van der Waals surface area contributed by atoms with Gasteiger partial charge in [-0.05, 0) is 26.0 Å². The number of nitrogens with zero attached hydrogens (tertiary/aromatic N) is 3. The predicted octanol–water partition coefficient (Wildman–Crippen LogP) is 3.03. The smallest absolute Gasteiger partial charge is 0.354 e. The van der Waals surface area contributed by atoms with Gasteiger partial charge < -0.3 is 15.6 Å². The summed E-state index contributed by atoms with van der Waals surface area (Å²) in [5.74, 6) is -1.94. The van der Waals surface area contributed by atoms with Crippen LogP contribution in [0.4, 0.5) is 23.4 Å². The van der Waals surface area contributed by atoms with Crippen LogP contribution in [0.25, 0.3) is 22.4 Å². The molecule has 3 N–H and O–H groups in total. The average molecular weight is 396 g/mol. The molecular formula is C17H16F4N6O. The second kappa shape index (κ2) is 7.06. The first-order chi connectivity index (χ1) is 13.1. The number of pyridine rings is 1. The number of nitrogens with one attached hydrogen (secondary N) is 3. The van der Waals surface area contributed by atoms with Crippen LogP contribution in [0.15, 0.2) is 30.7 Å². The maximum Gasteiger partial charge on any atom is 0.405 e. The van der Waals surface area contributed by atoms with Crippen molar-refractivity contribution in [1.29, 1.82) is 0 Å². The molecule has 148 valence electrons. The van der Waals surface area contributed by atoms with Gasteiger partial charge in [0.1, 0.15) is 17.7 Å². The highest BCUT2D eigenvalue weighted by Crippen LogP contribution is 2.26. The minimum atomic E-state index is -4.55. The number of amides is 1. The summed E-state index contributed by atoms with van der Waals surface area (Å²) >= 11 is 0. The molecular weight excluding hydrogens is 380 g/mol. The van der Waals surface area contributed by atoms with E-state index in [1.807, 2.05) is 0 Å². The molecule has 0 saturated carbocycles. The van der Waals surface area contributed by atoms with E-state index < -0.39 is 30.0 Å². The van der Waals surface area contributed by atoms with E-state index in [2.05, 4.69) is 25.3 Å². The van der Waals surface area contributed by atoms with Crippen LogP contribution >= 0.6 is 0 Å². The van der Waals surface area contributed by atoms with Gasteiger partial charge in [0.05, 0.1) is 6.20 Å². The number of rotatable bonds is 5. The zero-order valence-electron chi connectivity index (χ0n) is 14.9. The first-order valence-electron chi connectivity index (χ1n) is 8.15. The lowest BCUT2D eigenvalue weighted by Crippen LogP contribution is -2.50. The molecule has 0 aromatic carbocycles. The van der Waals surface area contributed by atoms with E-state index in [0.29, 0.717) is 16.6 Å². The van der Waals surface area contributed by atoms with E-state index >= 15 is 0 Å². The molecule has 0 atom stereocenters. The van der Waals surface area contributed by atoms with Crippen molar-refractivity contribution < 1.29 is 22.4 Å². The fourth-order valence-corrected chi connectivity index (χ4v) is 2.49. The van der Waals surface area contributed by atoms with Gasteiger partial charge >= 0.3 is 6.18 Å². The van der Waals surface area contributed by atoms with Gasteiger partial charge in [-0.2, -0.15) is 13.2 Å². The first-order valence-corrected chi connectivity index (χ1v) is 8.15. The molecule has 3 aromatic rings. The van der Waals surface area contributed by atoms with Crippen molar-refractivity contribution in [3.8, 4) is 11.4 Å². The lowest BCUT2D eigenvalue weighted by atomic mass is 10.0. The third-order valence-corrected chi connectivity index (χ3v) is 3.89. The minimum Gasteiger partial charge on any atom is -0.354 e. The quantitative estimate of drug-likeness (QED) is 0.576. The number of fused-ring (bicyclic) bond motifs is 1. The molecule has 11 heteroatoms. The van der Waals surface area contributed by atoms with Gasteiger partial charge in [0.15, 0.2) is 17.5 Å². The number of aromatic amines is 1. The van der Waals surface area contributed by atoms with E-state index in [4.69, 9.17) is 0 Å². The number of H-pyrrole nitrogens is 1. The molecule has 0 bridgehead atoms. The Morgan fingerprint density at radius 3 is 2.68 bits per heavy atom. The van der Waals surface area contributed by atoms with Crippen molar-refractivity contribution in [2.45, 2.75) is 25.6 Å². The number of carbonyl (C=O) groups is 1. The lowest BCUT2D eigenvalue weighted by molar-refractivity contribution is -0.140. The molecule has 0 aliphatic carbocycles. The van der Waals surface area contributed by atoms with Crippen LogP contribution in [-0.4, -0.2) is 44.1 Å². The highest BCUT2D eigenvalue weighted by molar-refractivity contribution is 5.91. The van der Waals surface area contributed by atoms with Crippen LogP contribution in [0.3, 0.4) is 0 Å². The summed E-state index contributed by atoms with van der Waals surface area (Å²) < 4.78 is 51.1. The second-order valence-electron chi connectivity index (χ2n) is 6.54. The molecule has 1 amide bonds. The SMILES string of the molecule is CC(C)(Nc1nc(-c2ccnc3[nH]ccc23)ncc1F)C(=O)NCC(F)(F)F. The van der Waals surface area contributed by atoms with Crippen LogP contribution in [0, 0.1) is 5.82 Å². The highest BCUT2D eigenvalue weighted by atomic mass is 19.4. The molecule has 3 heterocycles. The van der Waals surface area contributed by atoms with Crippen molar-refractivity contribution in [2.75, 3.05) is 11.9 Å². The number of hydrogen-bond acceptors (Lipinski definition) is 5. The van der Waals surface area contributed by atoms with Crippen molar-refractivity contribution in [3.05, 3.63) is 36.5 Å². The second-order valence-corrected chi connectivity index (χ2v) is 6.54. The molecule has 0 aliphatic heterocycles. The Morgan fingerprint density at radius 1 is 1.21 bits per heavy atom. The summed E-state index contributed by atoms with van der Waals surface area (Å²) in [6.07, 6.45) is -0.421. The summed E-state index contributed by atoms with van der Waals surface area (Å²) in [5, 5.41) is 5.02. The highest BCUT2D eigenvalue weighted by Gasteiger charge is 2.34. The number of carbonyl (C=O) groups excluding carboxylic acids is 1. The maximum absolute atomic E-state index is 14.2. The van der Waals surface area contributed by atoms with E-state index in [0.717, 1.165) is 6.20 Å². The fraction of sp³-hybridized carbons (Fsp3) is 0.294. The van der Waals surface area contributed by atoms with E-state index in [9.17, 15) is 22.4 Å². The topological polar surface area (TPSA) is 95.6 Å². The lowest BCUT2D eigenvalue weighted by Gasteiger charge is -2.26. The normalized spacial score (nSPS) is 12.2. The van der Waals surface area contributed by atoms with Gasteiger partial charge in [-0.1, -0.05) is 0 Å². The Morgan fingerprint density at radius 2 is 1.96 bits per heavy atom. The summed E-state index contributed by atoms with van der Waals surface area (Å²) in [5.41, 5.74) is -0.389. The van der Waals surface area contributed by atoms with Gasteiger partial charge in [0.25, 0.3) is 0 Å². The van der Waals surface area contributed by atoms with Gasteiger partial charge in [0.2, 0.25) is 5.91 Å². The Bertz CT molecular complexity index is 1010. The number of anilines is 1. The van der Waals surface area contributed by atoms with E-state index in [1.54, 1.807) is 23.6 Å². The molecule has 0 fully saturated rings. The van der Waals surface area contributed by atoms with E-state index in [1.165, 1.54) is 20.0 Å². The third kappa shape index (κ3) is 4.18. The standard InChI is InChI=1S/C17H16F4N6O/c1-16(2,15(28)25-8-17(19,20)21)27-14-11(18)7-24-13(26-14)10-4-6-23-12-9(10)3-5-22-12/h3-7H,8H2,1-2H3,(H,22,23)(H,25,28)(H,24,26,27). The predicted molar refractivity (Wildman–Crippen MR) is 93.8 cm³/mol. The van der Waals surface area contributed by atoms with Gasteiger partial charge in [-0.25, -0.2) is 19.3 Å². The maximum atomic E-state index is 14.2. The molecule has 3 aromatic heterocycles. The molecule has 0 saturated heterocycles. The van der Waals surface area contributed by atoms with Crippen molar-refractivity contribution in [1.82, 2.24) is 25.3 Å². The monoisotopic (exact) mass is 396 g/mol. The Hall–Kier alpha value is -3.24. The van der Waals surface area contributed by atoms with Crippen LogP contribution in [0.2, 0.25) is 0 Å². The minimum absolute atomic E-state index is 0.169. The molecule has 0 spiro atoms. The zero-order valence-corrected chi connectivity index (χ0v) is 14.9. The molecule has 7 nitrogen and oxygen atoms in total. The Labute approximate surface area is 156 Å². The first kappa shape index (κ1) is 19.5. The Balaban J connectivity index is 1.88. The molecule has 28 heavy (non-hydrogen) atoms. The number of hydrogen-bond donors (Lipinski definition) is 3. The molecule has 0 aliphatic rings. The van der Waals surface area contributed by atoms with Gasteiger partial charge in [-0.15, -0.1) is 0 Å². The van der Waals surface area contributed by atoms with E-state index in [-0.39, 0.29) is 11.6 Å².